The molecule has 0 bridgehead atoms. The molecular weight excluding hydrogens is 386 g/mol. The molecule has 0 aliphatic carbocycles. The second kappa shape index (κ2) is 10.4. The first-order chi connectivity index (χ1) is 14.2. The van der Waals surface area contributed by atoms with Crippen LogP contribution in [0.1, 0.15) is 50.0 Å². The average Bonchev–Trinajstić information content (AvgIpc) is 2.70. The molecule has 0 amide bonds. The van der Waals surface area contributed by atoms with E-state index in [2.05, 4.69) is 0 Å². The quantitative estimate of drug-likeness (QED) is 0.649. The number of aliphatic hydroxyl groups is 2. The molecule has 1 aromatic rings. The summed E-state index contributed by atoms with van der Waals surface area (Å²) in [5.74, 6) is -1.79. The van der Waals surface area contributed by atoms with Gasteiger partial charge in [-0.2, -0.15) is 0 Å². The Morgan fingerprint density at radius 3 is 2.40 bits per heavy atom. The van der Waals surface area contributed by atoms with Crippen LogP contribution in [0.25, 0.3) is 6.08 Å². The minimum Gasteiger partial charge on any atom is -0.507 e. The second-order valence-corrected chi connectivity index (χ2v) is 7.48. The van der Waals surface area contributed by atoms with Crippen LogP contribution in [0.2, 0.25) is 0 Å². The molecule has 1 aliphatic heterocycles. The zero-order valence-electron chi connectivity index (χ0n) is 17.9. The first-order valence-electron chi connectivity index (χ1n) is 10.3. The van der Waals surface area contributed by atoms with Crippen molar-refractivity contribution in [3.8, 4) is 5.75 Å². The Hall–Kier alpha value is -2.64. The number of nitrogens with zero attached hydrogens (tertiary/aromatic N) is 1. The average molecular weight is 418 g/mol. The van der Waals surface area contributed by atoms with Gasteiger partial charge in [0, 0.05) is 30.8 Å². The number of benzene rings is 1. The fourth-order valence-electron chi connectivity index (χ4n) is 3.25. The zero-order valence-corrected chi connectivity index (χ0v) is 17.9. The van der Waals surface area contributed by atoms with Crippen LogP contribution in [-0.4, -0.2) is 58.5 Å². The lowest BCUT2D eigenvalue weighted by Crippen LogP contribution is -2.32. The molecule has 0 aromatic heterocycles. The number of hydrogen-bond donors (Lipinski definition) is 3. The monoisotopic (exact) mass is 417 g/mol. The summed E-state index contributed by atoms with van der Waals surface area (Å²) in [6.07, 6.45) is 2.45. The third-order valence-electron chi connectivity index (χ3n) is 5.39. The van der Waals surface area contributed by atoms with Crippen molar-refractivity contribution in [3.05, 3.63) is 41.5 Å². The number of phenols is 1. The van der Waals surface area contributed by atoms with E-state index in [9.17, 15) is 24.9 Å². The molecule has 3 N–H and O–H groups in total. The number of aromatic hydroxyl groups is 1. The number of rotatable bonds is 3. The molecule has 0 spiro atoms. The van der Waals surface area contributed by atoms with Gasteiger partial charge in [0.2, 0.25) is 0 Å². The lowest BCUT2D eigenvalue weighted by Gasteiger charge is -2.24. The molecule has 164 valence electrons. The third-order valence-corrected chi connectivity index (χ3v) is 5.39. The zero-order chi connectivity index (χ0) is 22.4. The number of phenolic OH excluding ortho intramolecular Hbond substituents is 1. The van der Waals surface area contributed by atoms with Crippen LogP contribution < -0.4 is 4.90 Å². The number of ketones is 1. The van der Waals surface area contributed by atoms with E-state index >= 15 is 0 Å². The highest BCUT2D eigenvalue weighted by atomic mass is 16.5. The highest BCUT2D eigenvalue weighted by Gasteiger charge is 2.25. The number of fused-ring (bicyclic) bond motifs is 1. The number of anilines is 1. The van der Waals surface area contributed by atoms with Gasteiger partial charge in [0.05, 0.1) is 6.10 Å². The van der Waals surface area contributed by atoms with Crippen LogP contribution in [0.4, 0.5) is 5.69 Å². The number of ether oxygens (including phenoxy) is 1. The normalized spacial score (nSPS) is 27.5. The van der Waals surface area contributed by atoms with Crippen molar-refractivity contribution in [1.29, 1.82) is 0 Å². The number of hydrogen-bond acceptors (Lipinski definition) is 7. The van der Waals surface area contributed by atoms with Crippen molar-refractivity contribution in [3.63, 3.8) is 0 Å². The molecular formula is C23H31NO6. The molecule has 7 heteroatoms. The van der Waals surface area contributed by atoms with Crippen molar-refractivity contribution in [2.75, 3.05) is 18.0 Å². The van der Waals surface area contributed by atoms with Gasteiger partial charge in [-0.3, -0.25) is 4.79 Å². The van der Waals surface area contributed by atoms with E-state index in [-0.39, 0.29) is 23.7 Å². The summed E-state index contributed by atoms with van der Waals surface area (Å²) >= 11 is 0. The molecule has 0 saturated carbocycles. The van der Waals surface area contributed by atoms with E-state index in [1.807, 2.05) is 18.7 Å². The van der Waals surface area contributed by atoms with Gasteiger partial charge in [0.25, 0.3) is 0 Å². The maximum Gasteiger partial charge on any atom is 0.342 e. The Bertz CT molecular complexity index is 827. The van der Waals surface area contributed by atoms with Gasteiger partial charge in [-0.05, 0) is 44.9 Å². The van der Waals surface area contributed by atoms with Gasteiger partial charge in [0.15, 0.2) is 5.78 Å². The van der Waals surface area contributed by atoms with Crippen molar-refractivity contribution >= 4 is 23.5 Å². The number of aliphatic hydroxyl groups excluding tert-OH is 2. The number of carbonyl (C=O) groups excluding carboxylic acids is 2. The largest absolute Gasteiger partial charge is 0.507 e. The molecule has 0 saturated heterocycles. The van der Waals surface area contributed by atoms with E-state index in [1.54, 1.807) is 32.1 Å². The van der Waals surface area contributed by atoms with Crippen LogP contribution in [0.3, 0.4) is 0 Å². The molecule has 0 radical (unpaired) electrons. The molecule has 4 atom stereocenters. The summed E-state index contributed by atoms with van der Waals surface area (Å²) in [6, 6.07) is 3.31. The van der Waals surface area contributed by atoms with Crippen molar-refractivity contribution in [2.45, 2.75) is 52.4 Å². The minimum absolute atomic E-state index is 0.00253. The summed E-state index contributed by atoms with van der Waals surface area (Å²) in [5, 5.41) is 30.8. The van der Waals surface area contributed by atoms with Gasteiger partial charge >= 0.3 is 5.97 Å². The van der Waals surface area contributed by atoms with Gasteiger partial charge < -0.3 is 25.0 Å². The minimum atomic E-state index is -1.55. The molecule has 2 unspecified atom stereocenters. The predicted octanol–water partition coefficient (Wildman–Crippen LogP) is 2.68. The summed E-state index contributed by atoms with van der Waals surface area (Å²) in [4.78, 5) is 26.9. The standard InChI is InChI=1S/C23H31NO6/c1-5-24(6-2)17-12-16-8-7-9-18(25)22(28)19(26)11-10-14(3)15(4)30-23(29)21(16)20(27)13-17/h7-8,10-15,18,22,25,27-28H,5-6,9H2,1-4H3/b8-7+,11-10-/t14-,15?,18?,22+/m1/s1. The lowest BCUT2D eigenvalue weighted by molar-refractivity contribution is -0.127. The fourth-order valence-corrected chi connectivity index (χ4v) is 3.25. The van der Waals surface area contributed by atoms with Crippen molar-refractivity contribution < 1.29 is 29.6 Å². The van der Waals surface area contributed by atoms with E-state index < -0.39 is 30.1 Å². The molecule has 2 rings (SSSR count). The number of cyclic esters (lactones) is 1. The lowest BCUT2D eigenvalue weighted by atomic mass is 9.99. The van der Waals surface area contributed by atoms with Crippen LogP contribution in [0.15, 0.2) is 30.4 Å². The van der Waals surface area contributed by atoms with Gasteiger partial charge in [-0.15, -0.1) is 0 Å². The topological polar surface area (TPSA) is 107 Å². The third kappa shape index (κ3) is 5.49. The van der Waals surface area contributed by atoms with Crippen LogP contribution >= 0.6 is 0 Å². The first kappa shape index (κ1) is 23.6. The molecule has 30 heavy (non-hydrogen) atoms. The van der Waals surface area contributed by atoms with Crippen LogP contribution in [-0.2, 0) is 9.53 Å². The molecule has 7 nitrogen and oxygen atoms in total. The Kier molecular flexibility index (Phi) is 8.20. The predicted molar refractivity (Wildman–Crippen MR) is 116 cm³/mol. The SMILES string of the molecule is CCN(CC)c1cc(O)c2c(c1)/C=C/CC(O)[C@H](O)C(=O)/C=C\[C@@H](C)C(C)OC2=O. The number of carbonyl (C=O) groups is 2. The number of esters is 1. The van der Waals surface area contributed by atoms with Gasteiger partial charge in [0.1, 0.15) is 23.5 Å². The highest BCUT2D eigenvalue weighted by molar-refractivity contribution is 5.98. The summed E-state index contributed by atoms with van der Waals surface area (Å²) < 4.78 is 5.53. The summed E-state index contributed by atoms with van der Waals surface area (Å²) in [7, 11) is 0. The molecule has 1 aliphatic rings. The highest BCUT2D eigenvalue weighted by Crippen LogP contribution is 2.31. The maximum absolute atomic E-state index is 12.8. The van der Waals surface area contributed by atoms with E-state index in [1.165, 1.54) is 18.2 Å². The van der Waals surface area contributed by atoms with E-state index in [0.29, 0.717) is 5.56 Å². The molecule has 1 heterocycles. The van der Waals surface area contributed by atoms with Gasteiger partial charge in [-0.25, -0.2) is 4.79 Å². The Labute approximate surface area is 177 Å². The van der Waals surface area contributed by atoms with Crippen LogP contribution in [0, 0.1) is 5.92 Å². The smallest absolute Gasteiger partial charge is 0.342 e. The molecule has 1 aromatic carbocycles. The van der Waals surface area contributed by atoms with Gasteiger partial charge in [-0.1, -0.05) is 25.2 Å². The molecule has 0 fully saturated rings. The second-order valence-electron chi connectivity index (χ2n) is 7.48. The van der Waals surface area contributed by atoms with Crippen molar-refractivity contribution in [2.24, 2.45) is 5.92 Å². The van der Waals surface area contributed by atoms with E-state index in [4.69, 9.17) is 4.74 Å². The van der Waals surface area contributed by atoms with E-state index in [0.717, 1.165) is 18.8 Å². The maximum atomic E-state index is 12.8. The first-order valence-corrected chi connectivity index (χ1v) is 10.3. The van der Waals surface area contributed by atoms with Crippen molar-refractivity contribution in [1.82, 2.24) is 0 Å². The summed E-state index contributed by atoms with van der Waals surface area (Å²) in [6.45, 7) is 8.86. The fraction of sp³-hybridized carbons (Fsp3) is 0.478. The Morgan fingerprint density at radius 2 is 1.77 bits per heavy atom. The summed E-state index contributed by atoms with van der Waals surface area (Å²) in [5.41, 5.74) is 1.21. The van der Waals surface area contributed by atoms with Crippen LogP contribution in [0.5, 0.6) is 5.75 Å². The Balaban J connectivity index is 2.55. The Morgan fingerprint density at radius 1 is 1.10 bits per heavy atom.